The number of hydrogen-bond donors (Lipinski definition) is 2. The Labute approximate surface area is 113 Å². The summed E-state index contributed by atoms with van der Waals surface area (Å²) in [5.41, 5.74) is -1.36. The molecule has 1 aliphatic carbocycles. The Morgan fingerprint density at radius 2 is 2.10 bits per heavy atom. The average molecular weight is 280 g/mol. The Morgan fingerprint density at radius 1 is 1.45 bits per heavy atom. The highest BCUT2D eigenvalue weighted by Crippen LogP contribution is 2.47. The minimum absolute atomic E-state index is 0.105. The van der Waals surface area contributed by atoms with Crippen LogP contribution in [0.15, 0.2) is 18.2 Å². The first-order valence-corrected chi connectivity index (χ1v) is 5.78. The maximum atomic E-state index is 11.9. The summed E-state index contributed by atoms with van der Waals surface area (Å²) in [5.74, 6) is -1.71. The summed E-state index contributed by atoms with van der Waals surface area (Å²) in [6.45, 7) is 0. The Hall–Kier alpha value is -2.64. The lowest BCUT2D eigenvalue weighted by molar-refractivity contribution is -0.384. The maximum Gasteiger partial charge on any atom is 0.319 e. The fraction of sp³-hybridized carbons (Fsp3) is 0.333. The maximum absolute atomic E-state index is 11.9. The number of non-ortho nitro benzene ring substituents is 1. The number of nitrogens with one attached hydrogen (secondary N) is 1. The van der Waals surface area contributed by atoms with Crippen LogP contribution in [0.1, 0.15) is 12.8 Å². The van der Waals surface area contributed by atoms with E-state index in [1.54, 1.807) is 0 Å². The fourth-order valence-corrected chi connectivity index (χ4v) is 1.80. The number of ether oxygens (including phenoxy) is 1. The summed E-state index contributed by atoms with van der Waals surface area (Å²) >= 11 is 0. The molecule has 2 rings (SSSR count). The van der Waals surface area contributed by atoms with Crippen molar-refractivity contribution in [3.63, 3.8) is 0 Å². The van der Waals surface area contributed by atoms with Gasteiger partial charge in [0, 0.05) is 6.07 Å². The zero-order chi connectivity index (χ0) is 14.9. The van der Waals surface area contributed by atoms with Crippen LogP contribution in [0.3, 0.4) is 0 Å². The van der Waals surface area contributed by atoms with Crippen LogP contribution in [0.4, 0.5) is 11.4 Å². The summed E-state index contributed by atoms with van der Waals surface area (Å²) in [4.78, 5) is 33.0. The van der Waals surface area contributed by atoms with Gasteiger partial charge in [-0.25, -0.2) is 0 Å². The number of anilines is 1. The molecule has 8 nitrogen and oxygen atoms in total. The van der Waals surface area contributed by atoms with Crippen molar-refractivity contribution in [2.24, 2.45) is 5.41 Å². The lowest BCUT2D eigenvalue weighted by Gasteiger charge is -2.13. The number of nitrogens with zero attached hydrogens (tertiary/aromatic N) is 1. The third-order valence-corrected chi connectivity index (χ3v) is 3.24. The number of carbonyl (C=O) groups excluding carboxylic acids is 1. The highest BCUT2D eigenvalue weighted by molar-refractivity contribution is 6.11. The Bertz CT molecular complexity index is 594. The third kappa shape index (κ3) is 2.27. The predicted molar refractivity (Wildman–Crippen MR) is 67.6 cm³/mol. The molecule has 2 N–H and O–H groups in total. The minimum Gasteiger partial charge on any atom is -0.494 e. The fourth-order valence-electron chi connectivity index (χ4n) is 1.80. The number of amides is 1. The van der Waals surface area contributed by atoms with Crippen molar-refractivity contribution < 1.29 is 24.4 Å². The van der Waals surface area contributed by atoms with E-state index in [9.17, 15) is 19.7 Å². The molecule has 1 aromatic carbocycles. The monoisotopic (exact) mass is 280 g/mol. The van der Waals surface area contributed by atoms with Crippen molar-refractivity contribution >= 4 is 23.3 Å². The van der Waals surface area contributed by atoms with Gasteiger partial charge in [-0.2, -0.15) is 0 Å². The molecule has 1 saturated carbocycles. The van der Waals surface area contributed by atoms with Crippen molar-refractivity contribution in [2.75, 3.05) is 12.4 Å². The van der Waals surface area contributed by atoms with E-state index < -0.39 is 22.2 Å². The summed E-state index contributed by atoms with van der Waals surface area (Å²) < 4.78 is 4.96. The van der Waals surface area contributed by atoms with Gasteiger partial charge in [0.05, 0.1) is 23.8 Å². The van der Waals surface area contributed by atoms with Crippen LogP contribution in [-0.4, -0.2) is 29.0 Å². The molecular weight excluding hydrogens is 268 g/mol. The smallest absolute Gasteiger partial charge is 0.319 e. The summed E-state index contributed by atoms with van der Waals surface area (Å²) in [7, 11) is 1.30. The number of rotatable bonds is 5. The van der Waals surface area contributed by atoms with Gasteiger partial charge in [0.15, 0.2) is 0 Å². The Kier molecular flexibility index (Phi) is 3.31. The molecule has 8 heteroatoms. The second kappa shape index (κ2) is 4.80. The van der Waals surface area contributed by atoms with Crippen LogP contribution in [0.25, 0.3) is 0 Å². The van der Waals surface area contributed by atoms with E-state index in [1.165, 1.54) is 19.2 Å². The normalized spacial score (nSPS) is 15.2. The quantitative estimate of drug-likeness (QED) is 0.478. The number of methoxy groups -OCH3 is 1. The van der Waals surface area contributed by atoms with Gasteiger partial charge in [0.1, 0.15) is 11.2 Å². The second-order valence-electron chi connectivity index (χ2n) is 4.48. The Morgan fingerprint density at radius 3 is 2.55 bits per heavy atom. The molecule has 1 aliphatic rings. The number of carbonyl (C=O) groups is 2. The van der Waals surface area contributed by atoms with E-state index in [-0.39, 0.29) is 30.0 Å². The molecule has 1 amide bonds. The Balaban J connectivity index is 2.24. The molecule has 0 radical (unpaired) electrons. The first-order chi connectivity index (χ1) is 9.40. The van der Waals surface area contributed by atoms with Gasteiger partial charge in [0.25, 0.3) is 5.69 Å². The van der Waals surface area contributed by atoms with Gasteiger partial charge in [-0.05, 0) is 18.9 Å². The number of carboxylic acid groups (broad SMARTS) is 1. The summed E-state index contributed by atoms with van der Waals surface area (Å²) in [6, 6.07) is 3.68. The number of hydrogen-bond acceptors (Lipinski definition) is 5. The molecular formula is C12H12N2O6. The highest BCUT2D eigenvalue weighted by atomic mass is 16.6. The van der Waals surface area contributed by atoms with E-state index in [2.05, 4.69) is 5.32 Å². The average Bonchev–Trinajstić information content (AvgIpc) is 3.20. The topological polar surface area (TPSA) is 119 Å². The van der Waals surface area contributed by atoms with E-state index in [4.69, 9.17) is 9.84 Å². The minimum atomic E-state index is -1.38. The molecule has 1 aromatic rings. The van der Waals surface area contributed by atoms with Crippen LogP contribution in [0.2, 0.25) is 0 Å². The molecule has 0 aliphatic heterocycles. The van der Waals surface area contributed by atoms with Crippen molar-refractivity contribution in [3.05, 3.63) is 28.3 Å². The molecule has 0 spiro atoms. The predicted octanol–water partition coefficient (Wildman–Crippen LogP) is 1.41. The zero-order valence-corrected chi connectivity index (χ0v) is 10.6. The number of benzene rings is 1. The van der Waals surface area contributed by atoms with Crippen molar-refractivity contribution in [1.82, 2.24) is 0 Å². The van der Waals surface area contributed by atoms with Crippen molar-refractivity contribution in [1.29, 1.82) is 0 Å². The number of aliphatic carboxylic acids is 1. The standard InChI is InChI=1S/C12H12N2O6/c1-20-9-6-7(14(18)19)2-3-8(9)13-10(15)12(4-5-12)11(16)17/h2-3,6H,4-5H2,1H3,(H,13,15)(H,16,17). The van der Waals surface area contributed by atoms with Gasteiger partial charge < -0.3 is 15.2 Å². The molecule has 0 atom stereocenters. The van der Waals surface area contributed by atoms with Crippen molar-refractivity contribution in [2.45, 2.75) is 12.8 Å². The van der Waals surface area contributed by atoms with Crippen LogP contribution in [0, 0.1) is 15.5 Å². The van der Waals surface area contributed by atoms with Crippen LogP contribution >= 0.6 is 0 Å². The summed E-state index contributed by atoms with van der Waals surface area (Å²) in [6.07, 6.45) is 0.562. The first kappa shape index (κ1) is 13.8. The SMILES string of the molecule is COc1cc([N+](=O)[O-])ccc1NC(=O)C1(C(=O)O)CC1. The lowest BCUT2D eigenvalue weighted by Crippen LogP contribution is -2.31. The van der Waals surface area contributed by atoms with Gasteiger partial charge in [-0.15, -0.1) is 0 Å². The van der Waals surface area contributed by atoms with E-state index in [0.29, 0.717) is 0 Å². The molecule has 1 fully saturated rings. The number of nitro groups is 1. The molecule has 0 unspecified atom stereocenters. The second-order valence-corrected chi connectivity index (χ2v) is 4.48. The van der Waals surface area contributed by atoms with Gasteiger partial charge in [-0.1, -0.05) is 0 Å². The van der Waals surface area contributed by atoms with E-state index >= 15 is 0 Å². The van der Waals surface area contributed by atoms with Crippen LogP contribution < -0.4 is 10.1 Å². The molecule has 20 heavy (non-hydrogen) atoms. The largest absolute Gasteiger partial charge is 0.494 e. The van der Waals surface area contributed by atoms with Gasteiger partial charge in [-0.3, -0.25) is 19.7 Å². The molecule has 0 heterocycles. The summed E-state index contributed by atoms with van der Waals surface area (Å²) in [5, 5.41) is 22.1. The molecule has 106 valence electrons. The van der Waals surface area contributed by atoms with Crippen LogP contribution in [0.5, 0.6) is 5.75 Å². The zero-order valence-electron chi connectivity index (χ0n) is 10.6. The van der Waals surface area contributed by atoms with Gasteiger partial charge >= 0.3 is 5.97 Å². The number of nitro benzene ring substituents is 1. The first-order valence-electron chi connectivity index (χ1n) is 5.78. The van der Waals surface area contributed by atoms with Crippen LogP contribution in [-0.2, 0) is 9.59 Å². The van der Waals surface area contributed by atoms with E-state index in [1.807, 2.05) is 0 Å². The number of carboxylic acids is 1. The van der Waals surface area contributed by atoms with Crippen molar-refractivity contribution in [3.8, 4) is 5.75 Å². The molecule has 0 bridgehead atoms. The lowest BCUT2D eigenvalue weighted by atomic mass is 10.1. The third-order valence-electron chi connectivity index (χ3n) is 3.24. The van der Waals surface area contributed by atoms with Gasteiger partial charge in [0.2, 0.25) is 5.91 Å². The van der Waals surface area contributed by atoms with E-state index in [0.717, 1.165) is 6.07 Å². The molecule has 0 aromatic heterocycles. The highest BCUT2D eigenvalue weighted by Gasteiger charge is 2.57. The molecule has 0 saturated heterocycles.